The van der Waals surface area contributed by atoms with Crippen LogP contribution in [0.3, 0.4) is 0 Å². The fourth-order valence-corrected chi connectivity index (χ4v) is 10.1. The second kappa shape index (κ2) is 15.1. The predicted molar refractivity (Wildman–Crippen MR) is 272 cm³/mol. The first-order valence-electron chi connectivity index (χ1n) is 22.4. The van der Waals surface area contributed by atoms with E-state index in [1.807, 2.05) is 24.3 Å². The van der Waals surface area contributed by atoms with Crippen LogP contribution in [0, 0.1) is 11.8 Å². The monoisotopic (exact) mass is 831 g/mol. The number of anilines is 3. The summed E-state index contributed by atoms with van der Waals surface area (Å²) >= 11 is 0. The first-order valence-corrected chi connectivity index (χ1v) is 22.4. The quantitative estimate of drug-likeness (QED) is 0.160. The lowest BCUT2D eigenvalue weighted by molar-refractivity contribution is 0.663. The van der Waals surface area contributed by atoms with Gasteiger partial charge >= 0.3 is 0 Å². The van der Waals surface area contributed by atoms with Gasteiger partial charge in [0.05, 0.1) is 0 Å². The highest BCUT2D eigenvalue weighted by atomic mass is 16.3. The SMILES string of the molecule is C1=CC2C=CC(c3cc(-c4ccc5ccccc5c4)cc(N(c4ccc(-c5cccc6c5oc5ccccc56)cc4)c4ccc(-c5cccc6c5oc5ccccc56)cc4)c3)=CC2C=C1. The normalized spacial score (nSPS) is 15.6. The average molecular weight is 832 g/mol. The van der Waals surface area contributed by atoms with Gasteiger partial charge in [-0.05, 0) is 105 Å². The van der Waals surface area contributed by atoms with Gasteiger partial charge in [0.1, 0.15) is 22.3 Å². The van der Waals surface area contributed by atoms with Crippen molar-refractivity contribution in [3.63, 3.8) is 0 Å². The van der Waals surface area contributed by atoms with Crippen LogP contribution in [0.25, 0.3) is 93.6 Å². The lowest BCUT2D eigenvalue weighted by Gasteiger charge is -2.28. The van der Waals surface area contributed by atoms with Crippen LogP contribution < -0.4 is 4.90 Å². The molecule has 0 amide bonds. The van der Waals surface area contributed by atoms with Gasteiger partial charge in [0.15, 0.2) is 0 Å². The Labute approximate surface area is 376 Å². The van der Waals surface area contributed by atoms with E-state index in [-0.39, 0.29) is 0 Å². The Hall–Kier alpha value is -8.40. The smallest absolute Gasteiger partial charge is 0.143 e. The highest BCUT2D eigenvalue weighted by Gasteiger charge is 2.22. The standard InChI is InChI=1S/C62H41NO2/c1-3-13-44-35-46(25-23-40(44)11-1)48-37-49(47-26-24-41-12-2-4-14-45(41)36-47)39-52(38-48)63(50-31-27-42(28-32-50)53-17-9-19-57-55-15-5-7-21-59(55)64-61(53)57)51-33-29-43(30-34-51)54-18-10-20-58-56-16-6-8-22-60(56)65-62(54)58/h1-40,44H. The fourth-order valence-electron chi connectivity index (χ4n) is 10.1. The van der Waals surface area contributed by atoms with Gasteiger partial charge < -0.3 is 13.7 Å². The molecule has 0 radical (unpaired) electrons. The van der Waals surface area contributed by atoms with Gasteiger partial charge in [-0.1, -0.05) is 176 Å². The van der Waals surface area contributed by atoms with E-state index < -0.39 is 0 Å². The molecule has 2 aliphatic rings. The number of rotatable bonds is 7. The second-order valence-electron chi connectivity index (χ2n) is 17.2. The molecule has 2 aromatic heterocycles. The van der Waals surface area contributed by atoms with Crippen LogP contribution in [0.2, 0.25) is 0 Å². The molecule has 2 unspecified atom stereocenters. The van der Waals surface area contributed by atoms with Crippen molar-refractivity contribution in [2.45, 2.75) is 0 Å². The fraction of sp³-hybridized carbons (Fsp3) is 0.0323. The third kappa shape index (κ3) is 6.43. The number of nitrogens with zero attached hydrogens (tertiary/aromatic N) is 1. The molecule has 0 saturated carbocycles. The lowest BCUT2D eigenvalue weighted by Crippen LogP contribution is -2.12. The number of fused-ring (bicyclic) bond motifs is 8. The summed E-state index contributed by atoms with van der Waals surface area (Å²) in [5, 5.41) is 6.95. The van der Waals surface area contributed by atoms with Crippen LogP contribution in [0.4, 0.5) is 17.1 Å². The summed E-state index contributed by atoms with van der Waals surface area (Å²) in [7, 11) is 0. The van der Waals surface area contributed by atoms with Gasteiger partial charge in [-0.15, -0.1) is 0 Å². The van der Waals surface area contributed by atoms with Crippen LogP contribution in [-0.2, 0) is 0 Å². The van der Waals surface area contributed by atoms with E-state index in [2.05, 4.69) is 217 Å². The summed E-state index contributed by atoms with van der Waals surface area (Å²) in [5.41, 5.74) is 15.8. The largest absolute Gasteiger partial charge is 0.455 e. The average Bonchev–Trinajstić information content (AvgIpc) is 3.96. The molecular weight excluding hydrogens is 791 g/mol. The second-order valence-corrected chi connectivity index (χ2v) is 17.2. The third-order valence-corrected chi connectivity index (χ3v) is 13.4. The van der Waals surface area contributed by atoms with E-state index in [1.54, 1.807) is 0 Å². The number of hydrogen-bond acceptors (Lipinski definition) is 3. The van der Waals surface area contributed by atoms with E-state index in [9.17, 15) is 0 Å². The molecule has 3 nitrogen and oxygen atoms in total. The molecule has 2 atom stereocenters. The number of allylic oxidation sites excluding steroid dienone is 8. The van der Waals surface area contributed by atoms with Crippen molar-refractivity contribution in [2.75, 3.05) is 4.90 Å². The molecule has 0 aliphatic heterocycles. The minimum atomic E-state index is 0.316. The van der Waals surface area contributed by atoms with E-state index >= 15 is 0 Å². The molecular formula is C62H41NO2. The van der Waals surface area contributed by atoms with Gasteiger partial charge in [0.2, 0.25) is 0 Å². The van der Waals surface area contributed by atoms with E-state index in [1.165, 1.54) is 27.5 Å². The van der Waals surface area contributed by atoms with E-state index in [0.29, 0.717) is 11.8 Å². The number of hydrogen-bond donors (Lipinski definition) is 0. The Bertz CT molecular complexity index is 3620. The van der Waals surface area contributed by atoms with Crippen molar-refractivity contribution in [2.24, 2.45) is 11.8 Å². The molecule has 9 aromatic carbocycles. The molecule has 0 fully saturated rings. The van der Waals surface area contributed by atoms with Crippen LogP contribution in [0.1, 0.15) is 5.56 Å². The summed E-state index contributed by atoms with van der Waals surface area (Å²) in [6, 6.07) is 69.8. The molecule has 0 saturated heterocycles. The Balaban J connectivity index is 0.979. The van der Waals surface area contributed by atoms with Crippen molar-refractivity contribution in [3.05, 3.63) is 242 Å². The maximum absolute atomic E-state index is 6.50. The summed E-state index contributed by atoms with van der Waals surface area (Å²) in [6.07, 6.45) is 16.0. The predicted octanol–water partition coefficient (Wildman–Crippen LogP) is 17.4. The number of furan rings is 2. The Kier molecular flexibility index (Phi) is 8.67. The minimum absolute atomic E-state index is 0.316. The maximum atomic E-state index is 6.50. The first kappa shape index (κ1) is 37.2. The minimum Gasteiger partial charge on any atom is -0.455 e. The number of benzene rings is 9. The zero-order valence-corrected chi connectivity index (χ0v) is 35.4. The van der Waals surface area contributed by atoms with Crippen LogP contribution in [-0.4, -0.2) is 0 Å². The molecule has 306 valence electrons. The molecule has 11 aromatic rings. The van der Waals surface area contributed by atoms with Gasteiger partial charge in [0, 0.05) is 61.6 Å². The lowest BCUT2D eigenvalue weighted by atomic mass is 9.81. The van der Waals surface area contributed by atoms with Crippen molar-refractivity contribution in [3.8, 4) is 33.4 Å². The molecule has 2 heterocycles. The van der Waals surface area contributed by atoms with Crippen molar-refractivity contribution in [1.82, 2.24) is 0 Å². The molecule has 13 rings (SSSR count). The third-order valence-electron chi connectivity index (χ3n) is 13.4. The molecule has 0 bridgehead atoms. The number of para-hydroxylation sites is 4. The molecule has 3 heteroatoms. The Morgan fingerprint density at radius 3 is 1.54 bits per heavy atom. The van der Waals surface area contributed by atoms with Gasteiger partial charge in [-0.3, -0.25) is 0 Å². The zero-order valence-electron chi connectivity index (χ0n) is 35.4. The summed E-state index contributed by atoms with van der Waals surface area (Å²) in [5.74, 6) is 0.688. The highest BCUT2D eigenvalue weighted by molar-refractivity contribution is 6.10. The van der Waals surface area contributed by atoms with Crippen molar-refractivity contribution >= 4 is 77.3 Å². The van der Waals surface area contributed by atoms with Crippen LogP contribution >= 0.6 is 0 Å². The van der Waals surface area contributed by atoms with Crippen LogP contribution in [0.5, 0.6) is 0 Å². The van der Waals surface area contributed by atoms with Gasteiger partial charge in [-0.25, -0.2) is 0 Å². The van der Waals surface area contributed by atoms with Crippen molar-refractivity contribution in [1.29, 1.82) is 0 Å². The zero-order chi connectivity index (χ0) is 42.8. The maximum Gasteiger partial charge on any atom is 0.143 e. The summed E-state index contributed by atoms with van der Waals surface area (Å²) in [6.45, 7) is 0. The molecule has 0 N–H and O–H groups in total. The van der Waals surface area contributed by atoms with Gasteiger partial charge in [0.25, 0.3) is 0 Å². The summed E-state index contributed by atoms with van der Waals surface area (Å²) < 4.78 is 13.0. The summed E-state index contributed by atoms with van der Waals surface area (Å²) in [4.78, 5) is 2.39. The molecule has 2 aliphatic carbocycles. The van der Waals surface area contributed by atoms with Crippen molar-refractivity contribution < 1.29 is 8.83 Å². The van der Waals surface area contributed by atoms with E-state index in [4.69, 9.17) is 8.83 Å². The van der Waals surface area contributed by atoms with Gasteiger partial charge in [-0.2, -0.15) is 0 Å². The van der Waals surface area contributed by atoms with E-state index in [0.717, 1.165) is 88.8 Å². The Morgan fingerprint density at radius 1 is 0.354 bits per heavy atom. The van der Waals surface area contributed by atoms with Crippen LogP contribution in [0.15, 0.2) is 245 Å². The Morgan fingerprint density at radius 2 is 0.892 bits per heavy atom. The highest BCUT2D eigenvalue weighted by Crippen LogP contribution is 2.44. The molecule has 65 heavy (non-hydrogen) atoms. The molecule has 0 spiro atoms. The topological polar surface area (TPSA) is 29.5 Å². The first-order chi connectivity index (χ1) is 32.2.